The molecule has 0 saturated heterocycles. The van der Waals surface area contributed by atoms with Gasteiger partial charge in [0.15, 0.2) is 0 Å². The summed E-state index contributed by atoms with van der Waals surface area (Å²) in [5.41, 5.74) is 0. The van der Waals surface area contributed by atoms with Crippen molar-refractivity contribution in [2.45, 2.75) is 115 Å². The Kier molecular flexibility index (Phi) is 6.55. The first-order valence-electron chi connectivity index (χ1n) is 9.21. The summed E-state index contributed by atoms with van der Waals surface area (Å²) in [6.07, 6.45) is 2.95. The van der Waals surface area contributed by atoms with Crippen molar-refractivity contribution in [1.29, 1.82) is 0 Å². The fourth-order valence-corrected chi connectivity index (χ4v) is 25.8. The van der Waals surface area contributed by atoms with E-state index in [0.29, 0.717) is 9.32 Å². The SMILES string of the molecule is CC(CCC(C)([Si](C)(C)C)[Si](C)(C)C)([Si](C)(C)C)[Si](C)(C)C. The molecule has 0 bridgehead atoms. The Morgan fingerprint density at radius 3 is 0.636 bits per heavy atom. The van der Waals surface area contributed by atoms with Crippen LogP contribution in [-0.2, 0) is 0 Å². The van der Waals surface area contributed by atoms with E-state index in [2.05, 4.69) is 92.4 Å². The molecule has 0 aliphatic rings. The lowest BCUT2D eigenvalue weighted by atomic mass is 10.2. The third-order valence-electron chi connectivity index (χ3n) is 7.75. The highest BCUT2D eigenvalue weighted by atomic mass is 28.4. The van der Waals surface area contributed by atoms with Gasteiger partial charge in [-0.05, 0) is 9.32 Å². The van der Waals surface area contributed by atoms with E-state index in [9.17, 15) is 0 Å². The zero-order chi connectivity index (χ0) is 18.4. The van der Waals surface area contributed by atoms with E-state index in [4.69, 9.17) is 0 Å². The summed E-state index contributed by atoms with van der Waals surface area (Å²) in [7, 11) is -4.69. The summed E-state index contributed by atoms with van der Waals surface area (Å²) in [6, 6.07) is 0. The van der Waals surface area contributed by atoms with Crippen molar-refractivity contribution in [3.05, 3.63) is 0 Å². The van der Waals surface area contributed by atoms with Crippen LogP contribution in [0.1, 0.15) is 26.7 Å². The van der Waals surface area contributed by atoms with Crippen LogP contribution >= 0.6 is 0 Å². The molecule has 22 heavy (non-hydrogen) atoms. The highest BCUT2D eigenvalue weighted by molar-refractivity contribution is 6.99. The van der Waals surface area contributed by atoms with E-state index in [-0.39, 0.29) is 0 Å². The fourth-order valence-electron chi connectivity index (χ4n) is 4.25. The van der Waals surface area contributed by atoms with E-state index in [1.807, 2.05) is 0 Å². The van der Waals surface area contributed by atoms with E-state index in [1.165, 1.54) is 12.8 Å². The molecule has 0 aliphatic heterocycles. The molecule has 0 spiro atoms. The third kappa shape index (κ3) is 4.28. The van der Waals surface area contributed by atoms with Gasteiger partial charge in [0.2, 0.25) is 0 Å². The quantitative estimate of drug-likeness (QED) is 0.400. The van der Waals surface area contributed by atoms with Crippen molar-refractivity contribution < 1.29 is 0 Å². The van der Waals surface area contributed by atoms with E-state index < -0.39 is 32.3 Å². The molecule has 0 radical (unpaired) electrons. The summed E-state index contributed by atoms with van der Waals surface area (Å²) in [5.74, 6) is 0. The van der Waals surface area contributed by atoms with Gasteiger partial charge in [0.25, 0.3) is 0 Å². The molecule has 0 fully saturated rings. The summed E-state index contributed by atoms with van der Waals surface area (Å²) in [5, 5.41) is 0. The molecule has 0 amide bonds. The van der Waals surface area contributed by atoms with Gasteiger partial charge in [0.1, 0.15) is 0 Å². The van der Waals surface area contributed by atoms with Crippen LogP contribution in [-0.4, -0.2) is 32.3 Å². The average molecular weight is 375 g/mol. The second kappa shape index (κ2) is 6.30. The Labute approximate surface area is 146 Å². The highest BCUT2D eigenvalue weighted by Crippen LogP contribution is 2.57. The molecule has 0 nitrogen and oxygen atoms in total. The normalized spacial score (nSPS) is 16.1. The van der Waals surface area contributed by atoms with Crippen molar-refractivity contribution in [2.75, 3.05) is 0 Å². The van der Waals surface area contributed by atoms with Gasteiger partial charge >= 0.3 is 0 Å². The van der Waals surface area contributed by atoms with Gasteiger partial charge in [-0.15, -0.1) is 0 Å². The molecular weight excluding hydrogens is 329 g/mol. The highest BCUT2D eigenvalue weighted by Gasteiger charge is 2.53. The maximum Gasteiger partial charge on any atom is 0.0475 e. The first-order chi connectivity index (χ1) is 9.21. The lowest BCUT2D eigenvalue weighted by molar-refractivity contribution is 0.572. The predicted octanol–water partition coefficient (Wildman–Crippen LogP) is 7.72. The van der Waals surface area contributed by atoms with Gasteiger partial charge in [0, 0.05) is 32.3 Å². The lowest BCUT2D eigenvalue weighted by Gasteiger charge is -2.55. The Morgan fingerprint density at radius 2 is 0.545 bits per heavy atom. The van der Waals surface area contributed by atoms with E-state index in [1.54, 1.807) is 0 Å². The Balaban J connectivity index is 5.72. The topological polar surface area (TPSA) is 0 Å². The third-order valence-corrected chi connectivity index (χ3v) is 31.0. The standard InChI is InChI=1S/C18H46Si4/c1-17(19(3,4)5,20(6,7)8)15-16-18(2,21(9,10)11)22(12,13)14/h15-16H2,1-14H3. The van der Waals surface area contributed by atoms with Crippen LogP contribution in [0.25, 0.3) is 0 Å². The van der Waals surface area contributed by atoms with Gasteiger partial charge < -0.3 is 0 Å². The maximum atomic E-state index is 2.67. The Morgan fingerprint density at radius 1 is 0.409 bits per heavy atom. The largest absolute Gasteiger partial charge is 0.0694 e. The van der Waals surface area contributed by atoms with Crippen molar-refractivity contribution in [1.82, 2.24) is 0 Å². The number of hydrogen-bond donors (Lipinski definition) is 0. The molecule has 0 rings (SSSR count). The van der Waals surface area contributed by atoms with Crippen LogP contribution in [0.2, 0.25) is 87.9 Å². The first-order valence-corrected chi connectivity index (χ1v) is 23.2. The molecule has 0 heterocycles. The molecule has 0 atom stereocenters. The molecule has 0 aromatic carbocycles. The average Bonchev–Trinajstić information content (AvgIpc) is 2.18. The molecule has 0 aromatic heterocycles. The van der Waals surface area contributed by atoms with Crippen molar-refractivity contribution in [2.24, 2.45) is 0 Å². The van der Waals surface area contributed by atoms with Crippen LogP contribution in [0.15, 0.2) is 0 Å². The Hall–Kier alpha value is 0.868. The minimum absolute atomic E-state index is 0.639. The zero-order valence-electron chi connectivity index (χ0n) is 18.4. The van der Waals surface area contributed by atoms with Crippen LogP contribution in [0.4, 0.5) is 0 Å². The monoisotopic (exact) mass is 374 g/mol. The van der Waals surface area contributed by atoms with Gasteiger partial charge in [-0.3, -0.25) is 0 Å². The minimum atomic E-state index is -1.17. The van der Waals surface area contributed by atoms with Crippen LogP contribution in [0, 0.1) is 0 Å². The molecule has 0 aliphatic carbocycles. The van der Waals surface area contributed by atoms with Crippen molar-refractivity contribution >= 4 is 32.3 Å². The summed E-state index contributed by atoms with van der Waals surface area (Å²) < 4.78 is 1.28. The summed E-state index contributed by atoms with van der Waals surface area (Å²) >= 11 is 0. The second-order valence-corrected chi connectivity index (χ2v) is 35.6. The van der Waals surface area contributed by atoms with Crippen LogP contribution in [0.3, 0.4) is 0 Å². The molecule has 0 unspecified atom stereocenters. The minimum Gasteiger partial charge on any atom is -0.0694 e. The number of rotatable bonds is 7. The lowest BCUT2D eigenvalue weighted by Crippen LogP contribution is -2.56. The number of hydrogen-bond acceptors (Lipinski definition) is 0. The molecule has 134 valence electrons. The first kappa shape index (κ1) is 22.9. The van der Waals surface area contributed by atoms with Gasteiger partial charge in [-0.25, -0.2) is 0 Å². The Bertz CT molecular complexity index is 306. The van der Waals surface area contributed by atoms with E-state index >= 15 is 0 Å². The molecular formula is C18H46Si4. The van der Waals surface area contributed by atoms with Crippen LogP contribution in [0.5, 0.6) is 0 Å². The molecule has 0 saturated carbocycles. The summed E-state index contributed by atoms with van der Waals surface area (Å²) in [6.45, 7) is 36.7. The molecule has 0 aromatic rings. The van der Waals surface area contributed by atoms with Gasteiger partial charge in [-0.1, -0.05) is 105 Å². The molecule has 4 heteroatoms. The predicted molar refractivity (Wildman–Crippen MR) is 119 cm³/mol. The van der Waals surface area contributed by atoms with Gasteiger partial charge in [-0.2, -0.15) is 0 Å². The van der Waals surface area contributed by atoms with E-state index in [0.717, 1.165) is 0 Å². The van der Waals surface area contributed by atoms with Gasteiger partial charge in [0.05, 0.1) is 0 Å². The fraction of sp³-hybridized carbons (Fsp3) is 1.00. The van der Waals surface area contributed by atoms with Crippen molar-refractivity contribution in [3.63, 3.8) is 0 Å². The summed E-state index contributed by atoms with van der Waals surface area (Å²) in [4.78, 5) is 0. The van der Waals surface area contributed by atoms with Crippen molar-refractivity contribution in [3.8, 4) is 0 Å². The van der Waals surface area contributed by atoms with Crippen LogP contribution < -0.4 is 0 Å². The molecule has 0 N–H and O–H groups in total. The smallest absolute Gasteiger partial charge is 0.0475 e. The maximum absolute atomic E-state index is 2.67. The second-order valence-electron chi connectivity index (χ2n) is 12.2. The zero-order valence-corrected chi connectivity index (χ0v) is 22.4.